The molecule has 1 unspecified atom stereocenters. The molecule has 0 bridgehead atoms. The Balaban J connectivity index is 4.16. The van der Waals surface area contributed by atoms with Crippen molar-refractivity contribution in [3.8, 4) is 0 Å². The first kappa shape index (κ1) is 71.6. The van der Waals surface area contributed by atoms with Crippen LogP contribution >= 0.6 is 0 Å². The van der Waals surface area contributed by atoms with Gasteiger partial charge in [0.2, 0.25) is 0 Å². The fourth-order valence-corrected chi connectivity index (χ4v) is 9.10. The van der Waals surface area contributed by atoms with Crippen molar-refractivity contribution in [1.29, 1.82) is 0 Å². The topological polar surface area (TPSA) is 78.9 Å². The molecule has 0 fully saturated rings. The summed E-state index contributed by atoms with van der Waals surface area (Å²) in [5.74, 6) is -0.876. The van der Waals surface area contributed by atoms with E-state index in [1.807, 2.05) is 0 Å². The van der Waals surface area contributed by atoms with Crippen molar-refractivity contribution in [2.45, 2.75) is 322 Å². The lowest BCUT2D eigenvalue weighted by atomic mass is 10.0. The SMILES string of the molecule is CC/C=C\C/C=C\C/C=C\C/C=C\C/C=C\C/C=C\CCCCCCCCCCCCCCC(=O)OCC(COC(=O)CCCCCCC/C=C\CCC)OC(=O)CCCCCCCCCCCCCCCCCC. The van der Waals surface area contributed by atoms with E-state index in [4.69, 9.17) is 14.2 Å². The Bertz CT molecular complexity index is 1430. The molecular formula is C69H120O6. The van der Waals surface area contributed by atoms with E-state index in [9.17, 15) is 14.4 Å². The number of carbonyl (C=O) groups is 3. The monoisotopic (exact) mass is 1040 g/mol. The number of rotatable bonds is 58. The van der Waals surface area contributed by atoms with E-state index >= 15 is 0 Å². The average molecular weight is 1050 g/mol. The van der Waals surface area contributed by atoms with Gasteiger partial charge < -0.3 is 14.2 Å². The van der Waals surface area contributed by atoms with Crippen LogP contribution in [0.5, 0.6) is 0 Å². The zero-order valence-corrected chi connectivity index (χ0v) is 49.6. The van der Waals surface area contributed by atoms with Gasteiger partial charge in [-0.3, -0.25) is 14.4 Å². The molecule has 6 nitrogen and oxygen atoms in total. The normalized spacial score (nSPS) is 12.6. The molecule has 0 amide bonds. The van der Waals surface area contributed by atoms with Crippen molar-refractivity contribution in [2.75, 3.05) is 13.2 Å². The molecule has 0 spiro atoms. The van der Waals surface area contributed by atoms with E-state index in [1.165, 1.54) is 167 Å². The predicted molar refractivity (Wildman–Crippen MR) is 325 cm³/mol. The zero-order valence-electron chi connectivity index (χ0n) is 49.6. The lowest BCUT2D eigenvalue weighted by Crippen LogP contribution is -2.30. The van der Waals surface area contributed by atoms with Crippen LogP contribution in [0.2, 0.25) is 0 Å². The molecule has 0 saturated heterocycles. The van der Waals surface area contributed by atoms with E-state index in [0.29, 0.717) is 19.3 Å². The lowest BCUT2D eigenvalue weighted by Gasteiger charge is -2.18. The average Bonchev–Trinajstić information content (AvgIpc) is 3.41. The number of hydrogen-bond acceptors (Lipinski definition) is 6. The van der Waals surface area contributed by atoms with Gasteiger partial charge in [-0.15, -0.1) is 0 Å². The molecule has 0 rings (SSSR count). The second-order valence-corrected chi connectivity index (χ2v) is 21.3. The summed E-state index contributed by atoms with van der Waals surface area (Å²) in [5.41, 5.74) is 0. The van der Waals surface area contributed by atoms with Crippen LogP contribution in [0, 0.1) is 0 Å². The molecule has 0 radical (unpaired) electrons. The van der Waals surface area contributed by atoms with Crippen molar-refractivity contribution in [3.63, 3.8) is 0 Å². The van der Waals surface area contributed by atoms with Crippen LogP contribution in [0.25, 0.3) is 0 Å². The molecule has 0 heterocycles. The molecule has 0 aromatic heterocycles. The molecular weight excluding hydrogens is 925 g/mol. The fraction of sp³-hybridized carbons (Fsp3) is 0.754. The van der Waals surface area contributed by atoms with Gasteiger partial charge in [0.15, 0.2) is 6.10 Å². The molecule has 1 atom stereocenters. The van der Waals surface area contributed by atoms with Crippen LogP contribution < -0.4 is 0 Å². The quantitative estimate of drug-likeness (QED) is 0.0261. The maximum absolute atomic E-state index is 12.9. The predicted octanol–water partition coefficient (Wildman–Crippen LogP) is 21.9. The highest BCUT2D eigenvalue weighted by atomic mass is 16.6. The largest absolute Gasteiger partial charge is 0.462 e. The Hall–Kier alpha value is -3.41. The first-order valence-corrected chi connectivity index (χ1v) is 32.1. The Labute approximate surface area is 465 Å². The Kier molecular flexibility index (Phi) is 60.3. The van der Waals surface area contributed by atoms with Gasteiger partial charge in [-0.25, -0.2) is 0 Å². The Morgan fingerprint density at radius 3 is 0.880 bits per heavy atom. The van der Waals surface area contributed by atoms with Crippen molar-refractivity contribution in [2.24, 2.45) is 0 Å². The molecule has 432 valence electrons. The number of carbonyl (C=O) groups excluding carboxylic acids is 3. The maximum Gasteiger partial charge on any atom is 0.306 e. The van der Waals surface area contributed by atoms with Crippen molar-refractivity contribution < 1.29 is 28.6 Å². The van der Waals surface area contributed by atoms with E-state index < -0.39 is 6.10 Å². The summed E-state index contributed by atoms with van der Waals surface area (Å²) in [5, 5.41) is 0. The minimum atomic E-state index is -0.777. The molecule has 75 heavy (non-hydrogen) atoms. The van der Waals surface area contributed by atoms with Gasteiger partial charge in [-0.1, -0.05) is 292 Å². The Morgan fingerprint density at radius 2 is 0.547 bits per heavy atom. The third kappa shape index (κ3) is 61.3. The summed E-state index contributed by atoms with van der Waals surface area (Å²) < 4.78 is 16.9. The number of hydrogen-bond donors (Lipinski definition) is 0. The highest BCUT2D eigenvalue weighted by Gasteiger charge is 2.19. The molecule has 0 aliphatic carbocycles. The van der Waals surface area contributed by atoms with Crippen LogP contribution in [0.1, 0.15) is 316 Å². The van der Waals surface area contributed by atoms with Gasteiger partial charge in [0.25, 0.3) is 0 Å². The van der Waals surface area contributed by atoms with Crippen LogP contribution in [0.3, 0.4) is 0 Å². The highest BCUT2D eigenvalue weighted by molar-refractivity contribution is 5.71. The minimum Gasteiger partial charge on any atom is -0.462 e. The van der Waals surface area contributed by atoms with Crippen LogP contribution in [-0.4, -0.2) is 37.2 Å². The fourth-order valence-electron chi connectivity index (χ4n) is 9.10. The summed E-state index contributed by atoms with van der Waals surface area (Å²) in [6, 6.07) is 0. The second-order valence-electron chi connectivity index (χ2n) is 21.3. The lowest BCUT2D eigenvalue weighted by molar-refractivity contribution is -0.167. The molecule has 0 aliphatic heterocycles. The van der Waals surface area contributed by atoms with Gasteiger partial charge in [-0.2, -0.15) is 0 Å². The molecule has 0 aliphatic rings. The third-order valence-corrected chi connectivity index (χ3v) is 13.9. The minimum absolute atomic E-state index is 0.0764. The first-order chi connectivity index (χ1) is 37.0. The molecule has 0 aromatic carbocycles. The first-order valence-electron chi connectivity index (χ1n) is 32.1. The van der Waals surface area contributed by atoms with Gasteiger partial charge in [0.05, 0.1) is 0 Å². The third-order valence-electron chi connectivity index (χ3n) is 13.9. The number of allylic oxidation sites excluding steroid dienone is 14. The summed E-state index contributed by atoms with van der Waals surface area (Å²) >= 11 is 0. The van der Waals surface area contributed by atoms with Gasteiger partial charge in [-0.05, 0) is 89.9 Å². The van der Waals surface area contributed by atoms with Gasteiger partial charge >= 0.3 is 17.9 Å². The van der Waals surface area contributed by atoms with Crippen molar-refractivity contribution in [1.82, 2.24) is 0 Å². The van der Waals surface area contributed by atoms with Gasteiger partial charge in [0.1, 0.15) is 13.2 Å². The standard InChI is InChI=1S/C69H120O6/c1-4-7-10-13-16-19-22-24-26-28-29-30-31-32-33-34-35-36-37-38-39-40-41-42-44-45-47-50-53-56-59-62-68(71)74-65-66(64-73-67(70)61-58-55-52-49-21-18-15-12-9-6-3)75-69(72)63-60-57-54-51-48-46-43-27-25-23-20-17-14-11-8-5-2/h7,10,12,15-16,19,24,26,29-30,32-33,35-36,66H,4-6,8-9,11,13-14,17-18,20-23,25,27-28,31,34,37-65H2,1-3H3/b10-7-,15-12-,19-16-,26-24-,30-29-,33-32-,36-35-. The second kappa shape index (κ2) is 63.1. The van der Waals surface area contributed by atoms with Crippen LogP contribution in [0.15, 0.2) is 85.1 Å². The van der Waals surface area contributed by atoms with Crippen LogP contribution in [-0.2, 0) is 28.6 Å². The maximum atomic E-state index is 12.9. The zero-order chi connectivity index (χ0) is 54.3. The van der Waals surface area contributed by atoms with E-state index in [1.54, 1.807) is 0 Å². The van der Waals surface area contributed by atoms with E-state index in [2.05, 4.69) is 106 Å². The van der Waals surface area contributed by atoms with E-state index in [0.717, 1.165) is 109 Å². The van der Waals surface area contributed by atoms with Crippen molar-refractivity contribution in [3.05, 3.63) is 85.1 Å². The molecule has 0 saturated carbocycles. The smallest absolute Gasteiger partial charge is 0.306 e. The summed E-state index contributed by atoms with van der Waals surface area (Å²) in [4.78, 5) is 38.2. The van der Waals surface area contributed by atoms with Crippen LogP contribution in [0.4, 0.5) is 0 Å². The molecule has 0 N–H and O–H groups in total. The number of esters is 3. The summed E-state index contributed by atoms with van der Waals surface area (Å²) in [6.07, 6.45) is 83.2. The molecule has 6 heteroatoms. The highest BCUT2D eigenvalue weighted by Crippen LogP contribution is 2.17. The van der Waals surface area contributed by atoms with Crippen molar-refractivity contribution >= 4 is 17.9 Å². The molecule has 0 aromatic rings. The Morgan fingerprint density at radius 1 is 0.280 bits per heavy atom. The van der Waals surface area contributed by atoms with Gasteiger partial charge in [0, 0.05) is 19.3 Å². The van der Waals surface area contributed by atoms with E-state index in [-0.39, 0.29) is 31.1 Å². The summed E-state index contributed by atoms with van der Waals surface area (Å²) in [6.45, 7) is 6.49. The number of unbranched alkanes of at least 4 members (excludes halogenated alkanes) is 33. The summed E-state index contributed by atoms with van der Waals surface area (Å²) in [7, 11) is 0. The number of ether oxygens (including phenoxy) is 3.